The Bertz CT molecular complexity index is 919. The predicted octanol–water partition coefficient (Wildman–Crippen LogP) is 2.22. The first-order chi connectivity index (χ1) is 14.6. The van der Waals surface area contributed by atoms with Crippen LogP contribution in [0.15, 0.2) is 24.5 Å². The number of ether oxygens (including phenoxy) is 2. The molecular weight excluding hydrogens is 384 g/mol. The second-order valence-electron chi connectivity index (χ2n) is 7.76. The van der Waals surface area contributed by atoms with Crippen molar-refractivity contribution >= 4 is 24.1 Å². The molecule has 158 valence electrons. The molecule has 2 fully saturated rings. The Morgan fingerprint density at radius 2 is 1.63 bits per heavy atom. The molecule has 0 bridgehead atoms. The Balaban J connectivity index is 1.65. The van der Waals surface area contributed by atoms with Crippen LogP contribution >= 0.6 is 0 Å². The fourth-order valence-corrected chi connectivity index (χ4v) is 4.08. The maximum atomic E-state index is 11.8. The molecule has 2 aliphatic heterocycles. The van der Waals surface area contributed by atoms with E-state index >= 15 is 0 Å². The maximum Gasteiger partial charge on any atom is 0.152 e. The molecule has 2 saturated heterocycles. The summed E-state index contributed by atoms with van der Waals surface area (Å²) in [4.78, 5) is 36.9. The van der Waals surface area contributed by atoms with Gasteiger partial charge in [0.15, 0.2) is 12.6 Å². The van der Waals surface area contributed by atoms with E-state index in [4.69, 9.17) is 9.47 Å². The van der Waals surface area contributed by atoms with Gasteiger partial charge in [-0.15, -0.1) is 0 Å². The van der Waals surface area contributed by atoms with Crippen LogP contribution in [0.2, 0.25) is 0 Å². The number of aromatic nitrogens is 2. The van der Waals surface area contributed by atoms with Crippen LogP contribution in [0.5, 0.6) is 0 Å². The second-order valence-corrected chi connectivity index (χ2v) is 7.76. The number of aldehydes is 2. The third-order valence-electron chi connectivity index (χ3n) is 5.46. The van der Waals surface area contributed by atoms with Gasteiger partial charge >= 0.3 is 0 Å². The SMILES string of the molecule is CC1CN(c2cnc(-c3cnc(N4CCOCC4)cc3C=O)cc2C=O)CC(C)O1. The molecule has 0 saturated carbocycles. The molecule has 4 rings (SSSR count). The monoisotopic (exact) mass is 410 g/mol. The van der Waals surface area contributed by atoms with Crippen molar-refractivity contribution in [2.75, 3.05) is 49.2 Å². The van der Waals surface area contributed by atoms with Crippen molar-refractivity contribution in [1.82, 2.24) is 9.97 Å². The summed E-state index contributed by atoms with van der Waals surface area (Å²) in [7, 11) is 0. The predicted molar refractivity (Wildman–Crippen MR) is 113 cm³/mol. The third-order valence-corrected chi connectivity index (χ3v) is 5.46. The molecular formula is C22H26N4O4. The van der Waals surface area contributed by atoms with Gasteiger partial charge in [0.25, 0.3) is 0 Å². The molecule has 4 heterocycles. The summed E-state index contributed by atoms with van der Waals surface area (Å²) in [6.45, 7) is 8.19. The lowest BCUT2D eigenvalue weighted by Crippen LogP contribution is -2.45. The van der Waals surface area contributed by atoms with Gasteiger partial charge in [-0.05, 0) is 26.0 Å². The number of carbonyl (C=O) groups excluding carboxylic acids is 2. The lowest BCUT2D eigenvalue weighted by Gasteiger charge is -2.37. The standard InChI is InChI=1S/C22H26N4O4/c1-15-11-26(12-16(2)30-15)21-10-23-20(7-18(21)14-28)19-9-24-22(8-17(19)13-27)25-3-5-29-6-4-25/h7-10,13-16H,3-6,11-12H2,1-2H3. The molecule has 8 heteroatoms. The van der Waals surface area contributed by atoms with E-state index in [9.17, 15) is 9.59 Å². The molecule has 0 amide bonds. The number of carbonyl (C=O) groups is 2. The van der Waals surface area contributed by atoms with Gasteiger partial charge in [-0.1, -0.05) is 0 Å². The molecule has 0 N–H and O–H groups in total. The maximum absolute atomic E-state index is 11.8. The Morgan fingerprint density at radius 1 is 0.933 bits per heavy atom. The van der Waals surface area contributed by atoms with Crippen molar-refractivity contribution in [2.24, 2.45) is 0 Å². The van der Waals surface area contributed by atoms with Crippen LogP contribution in [0.1, 0.15) is 34.6 Å². The number of anilines is 2. The van der Waals surface area contributed by atoms with Gasteiger partial charge in [0.05, 0.1) is 43.0 Å². The van der Waals surface area contributed by atoms with Gasteiger partial charge < -0.3 is 19.3 Å². The Hall–Kier alpha value is -2.84. The van der Waals surface area contributed by atoms with Gasteiger partial charge in [0.2, 0.25) is 0 Å². The van der Waals surface area contributed by atoms with Gasteiger partial charge in [-0.2, -0.15) is 0 Å². The van der Waals surface area contributed by atoms with Crippen molar-refractivity contribution in [3.05, 3.63) is 35.7 Å². The summed E-state index contributed by atoms with van der Waals surface area (Å²) in [5.74, 6) is 0.743. The van der Waals surface area contributed by atoms with Gasteiger partial charge in [0, 0.05) is 49.1 Å². The first kappa shape index (κ1) is 20.4. The van der Waals surface area contributed by atoms with E-state index in [0.29, 0.717) is 48.7 Å². The van der Waals surface area contributed by atoms with Crippen LogP contribution in [-0.4, -0.2) is 74.1 Å². The zero-order valence-electron chi connectivity index (χ0n) is 17.3. The van der Waals surface area contributed by atoms with Crippen LogP contribution in [0, 0.1) is 0 Å². The summed E-state index contributed by atoms with van der Waals surface area (Å²) in [6.07, 6.45) is 5.15. The van der Waals surface area contributed by atoms with Crippen molar-refractivity contribution in [3.63, 3.8) is 0 Å². The number of hydrogen-bond donors (Lipinski definition) is 0. The van der Waals surface area contributed by atoms with E-state index in [2.05, 4.69) is 19.8 Å². The Morgan fingerprint density at radius 3 is 2.30 bits per heavy atom. The fraction of sp³-hybridized carbons (Fsp3) is 0.455. The Kier molecular flexibility index (Phi) is 6.06. The van der Waals surface area contributed by atoms with E-state index in [1.807, 2.05) is 13.8 Å². The van der Waals surface area contributed by atoms with E-state index in [1.165, 1.54) is 0 Å². The number of pyridine rings is 2. The first-order valence-corrected chi connectivity index (χ1v) is 10.2. The molecule has 0 aliphatic carbocycles. The summed E-state index contributed by atoms with van der Waals surface area (Å²) >= 11 is 0. The highest BCUT2D eigenvalue weighted by atomic mass is 16.5. The molecule has 0 spiro atoms. The normalized spacial score (nSPS) is 22.1. The molecule has 0 aromatic carbocycles. The molecule has 30 heavy (non-hydrogen) atoms. The molecule has 2 aromatic heterocycles. The molecule has 0 radical (unpaired) electrons. The second kappa shape index (κ2) is 8.89. The number of hydrogen-bond acceptors (Lipinski definition) is 8. The van der Waals surface area contributed by atoms with Crippen molar-refractivity contribution < 1.29 is 19.1 Å². The number of rotatable bonds is 5. The minimum Gasteiger partial charge on any atom is -0.378 e. The number of morpholine rings is 2. The topological polar surface area (TPSA) is 84.9 Å². The Labute approximate surface area is 175 Å². The van der Waals surface area contributed by atoms with Crippen molar-refractivity contribution in [1.29, 1.82) is 0 Å². The average Bonchev–Trinajstić information content (AvgIpc) is 2.78. The summed E-state index contributed by atoms with van der Waals surface area (Å²) in [5.41, 5.74) is 2.98. The van der Waals surface area contributed by atoms with Crippen LogP contribution < -0.4 is 9.80 Å². The van der Waals surface area contributed by atoms with E-state index in [0.717, 1.165) is 37.2 Å². The molecule has 2 unspecified atom stereocenters. The van der Waals surface area contributed by atoms with Crippen molar-refractivity contribution in [3.8, 4) is 11.3 Å². The zero-order chi connectivity index (χ0) is 21.1. The summed E-state index contributed by atoms with van der Waals surface area (Å²) < 4.78 is 11.2. The van der Waals surface area contributed by atoms with E-state index in [1.54, 1.807) is 24.5 Å². The molecule has 8 nitrogen and oxygen atoms in total. The van der Waals surface area contributed by atoms with Gasteiger partial charge in [0.1, 0.15) is 5.82 Å². The van der Waals surface area contributed by atoms with Crippen molar-refractivity contribution in [2.45, 2.75) is 26.1 Å². The lowest BCUT2D eigenvalue weighted by molar-refractivity contribution is -0.00527. The highest BCUT2D eigenvalue weighted by Gasteiger charge is 2.25. The smallest absolute Gasteiger partial charge is 0.152 e. The minimum absolute atomic E-state index is 0.0755. The molecule has 2 atom stereocenters. The highest BCUT2D eigenvalue weighted by molar-refractivity contribution is 5.91. The van der Waals surface area contributed by atoms with Crippen LogP contribution in [0.3, 0.4) is 0 Å². The number of nitrogens with zero attached hydrogens (tertiary/aromatic N) is 4. The molecule has 2 aromatic rings. The first-order valence-electron chi connectivity index (χ1n) is 10.2. The minimum atomic E-state index is 0.0755. The van der Waals surface area contributed by atoms with E-state index < -0.39 is 0 Å². The highest BCUT2D eigenvalue weighted by Crippen LogP contribution is 2.29. The van der Waals surface area contributed by atoms with Gasteiger partial charge in [-0.25, -0.2) is 4.98 Å². The van der Waals surface area contributed by atoms with Crippen LogP contribution in [0.25, 0.3) is 11.3 Å². The fourth-order valence-electron chi connectivity index (χ4n) is 4.08. The van der Waals surface area contributed by atoms with E-state index in [-0.39, 0.29) is 12.2 Å². The van der Waals surface area contributed by atoms with Gasteiger partial charge in [-0.3, -0.25) is 14.6 Å². The zero-order valence-corrected chi connectivity index (χ0v) is 17.3. The quantitative estimate of drug-likeness (QED) is 0.694. The lowest BCUT2D eigenvalue weighted by atomic mass is 10.0. The molecule has 2 aliphatic rings. The van der Waals surface area contributed by atoms with Crippen LogP contribution in [-0.2, 0) is 9.47 Å². The average molecular weight is 410 g/mol. The third kappa shape index (κ3) is 4.20. The van der Waals surface area contributed by atoms with Crippen LogP contribution in [0.4, 0.5) is 11.5 Å². The summed E-state index contributed by atoms with van der Waals surface area (Å²) in [5, 5.41) is 0. The largest absolute Gasteiger partial charge is 0.378 e. The summed E-state index contributed by atoms with van der Waals surface area (Å²) in [6, 6.07) is 3.50.